The van der Waals surface area contributed by atoms with Crippen LogP contribution in [0.15, 0.2) is 58.6 Å². The van der Waals surface area contributed by atoms with E-state index >= 15 is 0 Å². The molecule has 2 aromatic carbocycles. The minimum atomic E-state index is -0.829. The van der Waals surface area contributed by atoms with Crippen LogP contribution < -0.4 is 15.4 Å². The second-order valence-corrected chi connectivity index (χ2v) is 8.52. The number of imide groups is 1. The highest BCUT2D eigenvalue weighted by Gasteiger charge is 2.35. The third kappa shape index (κ3) is 6.24. The molecule has 0 unspecified atom stereocenters. The van der Waals surface area contributed by atoms with Crippen molar-refractivity contribution in [2.24, 2.45) is 0 Å². The molecule has 13 nitrogen and oxygen atoms in total. The molecule has 2 N–H and O–H groups in total. The first-order valence-electron chi connectivity index (χ1n) is 11.2. The van der Waals surface area contributed by atoms with Gasteiger partial charge >= 0.3 is 17.7 Å². The quantitative estimate of drug-likeness (QED) is 0.127. The summed E-state index contributed by atoms with van der Waals surface area (Å²) in [5, 5.41) is 16.4. The Hall–Kier alpha value is -5.24. The van der Waals surface area contributed by atoms with Crippen LogP contribution in [0.2, 0.25) is 5.02 Å². The van der Waals surface area contributed by atoms with Crippen LogP contribution in [0.25, 0.3) is 6.08 Å². The fourth-order valence-electron chi connectivity index (χ4n) is 3.57. The Labute approximate surface area is 229 Å². The van der Waals surface area contributed by atoms with E-state index in [4.69, 9.17) is 20.8 Å². The van der Waals surface area contributed by atoms with Gasteiger partial charge in [0.25, 0.3) is 11.8 Å². The molecule has 0 radical (unpaired) electrons. The van der Waals surface area contributed by atoms with Gasteiger partial charge in [-0.3, -0.25) is 24.6 Å². The summed E-state index contributed by atoms with van der Waals surface area (Å²) in [5.74, 6) is -3.20. The topological polar surface area (TPSA) is 170 Å². The number of carbonyl (C=O) groups excluding carboxylic acids is 4. The summed E-state index contributed by atoms with van der Waals surface area (Å²) in [6, 6.07) is 9.00. The minimum absolute atomic E-state index is 0.0785. The highest BCUT2D eigenvalue weighted by Crippen LogP contribution is 2.36. The Morgan fingerprint density at radius 2 is 1.93 bits per heavy atom. The molecule has 1 saturated heterocycles. The third-order valence-corrected chi connectivity index (χ3v) is 5.58. The first-order chi connectivity index (χ1) is 19.0. The third-order valence-electron chi connectivity index (χ3n) is 5.36. The first kappa shape index (κ1) is 27.8. The number of benzene rings is 2. The van der Waals surface area contributed by atoms with Gasteiger partial charge in [-0.05, 0) is 48.5 Å². The van der Waals surface area contributed by atoms with E-state index in [2.05, 4.69) is 15.4 Å². The molecule has 1 aromatic heterocycles. The zero-order valence-corrected chi connectivity index (χ0v) is 21.2. The molecular weight excluding hydrogens is 555 g/mol. The summed E-state index contributed by atoms with van der Waals surface area (Å²) in [5.41, 5.74) is -0.696. The van der Waals surface area contributed by atoms with Crippen molar-refractivity contribution in [1.29, 1.82) is 0 Å². The standard InChI is InChI=1S/C25H18ClFN4O9/c1-38-24(34)20-7-6-17(40-20)11-30-23(33)18(29-25(30)35)9-13-8-14(26)10-19(31(36)37)22(13)39-12-21(32)28-16-4-2-15(27)3-5-16/h2-10H,11-12H2,1H3,(H,28,32)(H,29,35)/b18-9-. The largest absolute Gasteiger partial charge is 0.476 e. The SMILES string of the molecule is COC(=O)c1ccc(CN2C(=O)N/C(=C\c3cc(Cl)cc([N+](=O)[O-])c3OCC(=O)Nc3ccc(F)cc3)C2=O)o1. The predicted octanol–water partition coefficient (Wildman–Crippen LogP) is 3.88. The highest BCUT2D eigenvalue weighted by atomic mass is 35.5. The van der Waals surface area contributed by atoms with Gasteiger partial charge in [-0.2, -0.15) is 0 Å². The number of nitrogens with zero attached hydrogens (tertiary/aromatic N) is 2. The van der Waals surface area contributed by atoms with Crippen molar-refractivity contribution in [3.8, 4) is 5.75 Å². The smallest absolute Gasteiger partial charge is 0.373 e. The fraction of sp³-hybridized carbons (Fsp3) is 0.120. The van der Waals surface area contributed by atoms with Crippen LogP contribution >= 0.6 is 11.6 Å². The normalized spacial score (nSPS) is 13.8. The first-order valence-corrected chi connectivity index (χ1v) is 11.6. The van der Waals surface area contributed by atoms with Gasteiger partial charge in [0.05, 0.1) is 18.6 Å². The number of nitro groups is 1. The van der Waals surface area contributed by atoms with Gasteiger partial charge in [-0.25, -0.2) is 14.0 Å². The number of methoxy groups -OCH3 is 1. The van der Waals surface area contributed by atoms with Gasteiger partial charge in [0.2, 0.25) is 11.5 Å². The molecular formula is C25H18ClFN4O9. The molecule has 0 aliphatic carbocycles. The van der Waals surface area contributed by atoms with E-state index in [1.54, 1.807) is 0 Å². The average molecular weight is 573 g/mol. The maximum absolute atomic E-state index is 13.1. The minimum Gasteiger partial charge on any atom is -0.476 e. The fourth-order valence-corrected chi connectivity index (χ4v) is 3.79. The molecule has 0 saturated carbocycles. The number of ether oxygens (including phenoxy) is 2. The predicted molar refractivity (Wildman–Crippen MR) is 136 cm³/mol. The number of nitrogens with one attached hydrogen (secondary N) is 2. The van der Waals surface area contributed by atoms with Crippen molar-refractivity contribution in [3.05, 3.63) is 92.3 Å². The lowest BCUT2D eigenvalue weighted by Crippen LogP contribution is -2.30. The molecule has 1 aliphatic heterocycles. The molecule has 40 heavy (non-hydrogen) atoms. The monoisotopic (exact) mass is 572 g/mol. The van der Waals surface area contributed by atoms with Gasteiger partial charge in [-0.1, -0.05) is 11.6 Å². The number of urea groups is 1. The van der Waals surface area contributed by atoms with Crippen LogP contribution in [0.3, 0.4) is 0 Å². The summed E-state index contributed by atoms with van der Waals surface area (Å²) in [6.45, 7) is -1.02. The zero-order valence-electron chi connectivity index (χ0n) is 20.4. The summed E-state index contributed by atoms with van der Waals surface area (Å²) in [7, 11) is 1.16. The average Bonchev–Trinajstić information content (AvgIpc) is 3.49. The van der Waals surface area contributed by atoms with Gasteiger partial charge in [-0.15, -0.1) is 0 Å². The van der Waals surface area contributed by atoms with Gasteiger partial charge in [0, 0.05) is 22.3 Å². The number of nitro benzene ring substituents is 1. The molecule has 3 aromatic rings. The van der Waals surface area contributed by atoms with Crippen LogP contribution in [0.1, 0.15) is 21.9 Å². The van der Waals surface area contributed by atoms with Gasteiger partial charge in [0.15, 0.2) is 6.61 Å². The van der Waals surface area contributed by atoms with Crippen LogP contribution in [-0.2, 0) is 20.9 Å². The number of amides is 4. The van der Waals surface area contributed by atoms with E-state index in [0.29, 0.717) is 0 Å². The number of anilines is 1. The Morgan fingerprint density at radius 1 is 1.20 bits per heavy atom. The van der Waals surface area contributed by atoms with Crippen LogP contribution in [0.5, 0.6) is 5.75 Å². The van der Waals surface area contributed by atoms with Crippen LogP contribution in [-0.4, -0.2) is 47.4 Å². The number of hydrogen-bond acceptors (Lipinski definition) is 9. The molecule has 2 heterocycles. The lowest BCUT2D eigenvalue weighted by Gasteiger charge is -2.11. The lowest BCUT2D eigenvalue weighted by atomic mass is 10.1. The maximum atomic E-state index is 13.1. The summed E-state index contributed by atoms with van der Waals surface area (Å²) in [6.07, 6.45) is 1.11. The maximum Gasteiger partial charge on any atom is 0.373 e. The number of carbonyl (C=O) groups is 4. The van der Waals surface area contributed by atoms with Crippen molar-refractivity contribution >= 4 is 52.9 Å². The molecule has 15 heteroatoms. The van der Waals surface area contributed by atoms with Gasteiger partial charge < -0.3 is 24.5 Å². The molecule has 0 spiro atoms. The van der Waals surface area contributed by atoms with E-state index in [9.17, 15) is 33.7 Å². The molecule has 0 bridgehead atoms. The second-order valence-electron chi connectivity index (χ2n) is 8.08. The van der Waals surface area contributed by atoms with E-state index in [1.807, 2.05) is 0 Å². The summed E-state index contributed by atoms with van der Waals surface area (Å²) in [4.78, 5) is 61.1. The number of halogens is 2. The molecule has 1 aliphatic rings. The van der Waals surface area contributed by atoms with E-state index in [1.165, 1.54) is 30.3 Å². The van der Waals surface area contributed by atoms with Crippen molar-refractivity contribution in [1.82, 2.24) is 10.2 Å². The Kier molecular flexibility index (Phi) is 8.09. The zero-order chi connectivity index (χ0) is 29.0. The van der Waals surface area contributed by atoms with E-state index in [0.717, 1.165) is 36.3 Å². The number of furan rings is 1. The van der Waals surface area contributed by atoms with E-state index in [-0.39, 0.29) is 40.0 Å². The van der Waals surface area contributed by atoms with Crippen molar-refractivity contribution in [2.45, 2.75) is 6.54 Å². The Morgan fingerprint density at radius 3 is 2.60 bits per heavy atom. The van der Waals surface area contributed by atoms with Crippen molar-refractivity contribution in [2.75, 3.05) is 19.0 Å². The van der Waals surface area contributed by atoms with Gasteiger partial charge in [0.1, 0.15) is 17.3 Å². The van der Waals surface area contributed by atoms with E-state index < -0.39 is 52.6 Å². The molecule has 4 amide bonds. The summed E-state index contributed by atoms with van der Waals surface area (Å²) >= 11 is 6.04. The number of hydrogen-bond donors (Lipinski definition) is 2. The Bertz CT molecular complexity index is 1550. The number of rotatable bonds is 9. The van der Waals surface area contributed by atoms with Crippen LogP contribution in [0, 0.1) is 15.9 Å². The second kappa shape index (κ2) is 11.7. The van der Waals surface area contributed by atoms with Crippen LogP contribution in [0.4, 0.5) is 20.6 Å². The Balaban J connectivity index is 1.57. The van der Waals surface area contributed by atoms with Crippen molar-refractivity contribution in [3.63, 3.8) is 0 Å². The molecule has 0 atom stereocenters. The van der Waals surface area contributed by atoms with Crippen molar-refractivity contribution < 1.29 is 42.4 Å². The number of esters is 1. The highest BCUT2D eigenvalue weighted by molar-refractivity contribution is 6.31. The molecule has 4 rings (SSSR count). The lowest BCUT2D eigenvalue weighted by molar-refractivity contribution is -0.385. The molecule has 1 fully saturated rings. The summed E-state index contributed by atoms with van der Waals surface area (Å²) < 4.78 is 28.4. The molecule has 206 valence electrons.